The molecule has 0 unspecified atom stereocenters. The first-order valence-corrected chi connectivity index (χ1v) is 15.3. The normalized spacial score (nSPS) is 24.3. The molecule has 0 radical (unpaired) electrons. The van der Waals surface area contributed by atoms with Gasteiger partial charge >= 0.3 is 19.6 Å². The van der Waals surface area contributed by atoms with Crippen LogP contribution in [0.5, 0.6) is 5.88 Å². The number of aliphatic hydroxyl groups excluding tert-OH is 1. The van der Waals surface area contributed by atoms with Gasteiger partial charge < -0.3 is 39.4 Å². The molecule has 2 aromatic rings. The van der Waals surface area contributed by atoms with Crippen molar-refractivity contribution < 1.29 is 47.8 Å². The molecule has 6 atom stereocenters. The number of nitrogen functional groups attached to an aromatic ring is 1. The third kappa shape index (κ3) is 7.24. The monoisotopic (exact) mass is 715 g/mol. The van der Waals surface area contributed by atoms with Gasteiger partial charge in [-0.25, -0.2) is 15.2 Å². The number of methoxy groups -OCH3 is 1. The van der Waals surface area contributed by atoms with E-state index in [1.165, 1.54) is 32.4 Å². The zero-order valence-electron chi connectivity index (χ0n) is 23.4. The highest BCUT2D eigenvalue weighted by Crippen LogP contribution is 2.44. The van der Waals surface area contributed by atoms with Crippen molar-refractivity contribution in [3.63, 3.8) is 0 Å². The number of carbonyl (C=O) groups excluding carboxylic acids is 2. The molecule has 17 nitrogen and oxygen atoms in total. The minimum absolute atomic E-state index is 0.0887. The number of esters is 2. The van der Waals surface area contributed by atoms with Crippen molar-refractivity contribution in [3.8, 4) is 5.88 Å². The molecular formula is C22H35IN7O10P. The number of nitrogens with zero attached hydrogens (tertiary/aromatic N) is 4. The summed E-state index contributed by atoms with van der Waals surface area (Å²) in [5.41, 5.74) is 4.33. The summed E-state index contributed by atoms with van der Waals surface area (Å²) in [5.74, 6) is -1.43. The minimum atomic E-state index is -4.20. The molecule has 0 aliphatic carbocycles. The summed E-state index contributed by atoms with van der Waals surface area (Å²) in [6.45, 7) is 7.01. The maximum atomic E-state index is 13.8. The first-order chi connectivity index (χ1) is 19.2. The summed E-state index contributed by atoms with van der Waals surface area (Å²) in [6.07, 6.45) is -4.04. The van der Waals surface area contributed by atoms with Gasteiger partial charge in [-0.3, -0.25) is 18.7 Å². The van der Waals surface area contributed by atoms with Crippen LogP contribution in [0.1, 0.15) is 40.8 Å². The number of hydrogen-bond acceptors (Lipinski definition) is 14. The molecule has 230 valence electrons. The smallest absolute Gasteiger partial charge is 0.342 e. The molecule has 1 aliphatic heterocycles. The van der Waals surface area contributed by atoms with Gasteiger partial charge in [0.15, 0.2) is 21.2 Å². The fraction of sp³-hybridized carbons (Fsp3) is 0.682. The Labute approximate surface area is 249 Å². The Morgan fingerprint density at radius 3 is 2.24 bits per heavy atom. The second kappa shape index (κ2) is 13.4. The molecule has 3 rings (SSSR count). The van der Waals surface area contributed by atoms with Gasteiger partial charge in [0.25, 0.3) is 0 Å². The van der Waals surface area contributed by atoms with E-state index in [0.29, 0.717) is 3.83 Å². The molecule has 41 heavy (non-hydrogen) atoms. The number of rotatable bonds is 13. The summed E-state index contributed by atoms with van der Waals surface area (Å²) in [7, 11) is -2.81. The number of nitrogens with two attached hydrogens (primary N) is 1. The highest BCUT2D eigenvalue weighted by atomic mass is 127. The average Bonchev–Trinajstić information content (AvgIpc) is 3.33. The van der Waals surface area contributed by atoms with Crippen LogP contribution >= 0.6 is 30.3 Å². The SMILES string of the molecule is CCOC(=O)[C@H](C)NP(=O)(N[C@@H](C)C(=O)OCC)OC[C@H]1O[C@@H](n2c(I)nc3c(OC)nc(N)nc32)[C@](C)(O)[C@@H]1O. The van der Waals surface area contributed by atoms with E-state index in [4.69, 9.17) is 29.2 Å². The van der Waals surface area contributed by atoms with E-state index >= 15 is 0 Å². The van der Waals surface area contributed by atoms with Gasteiger partial charge in [-0.2, -0.15) is 9.97 Å². The third-order valence-electron chi connectivity index (χ3n) is 6.09. The van der Waals surface area contributed by atoms with E-state index in [9.17, 15) is 24.4 Å². The van der Waals surface area contributed by atoms with Crippen LogP contribution in [0.15, 0.2) is 0 Å². The average molecular weight is 715 g/mol. The summed E-state index contributed by atoms with van der Waals surface area (Å²) >= 11 is 1.90. The van der Waals surface area contributed by atoms with Crippen LogP contribution in [0.4, 0.5) is 5.95 Å². The lowest BCUT2D eigenvalue weighted by molar-refractivity contribution is -0.145. The van der Waals surface area contributed by atoms with Gasteiger partial charge in [-0.15, -0.1) is 0 Å². The third-order valence-corrected chi connectivity index (χ3v) is 8.82. The number of hydrogen-bond donors (Lipinski definition) is 5. The lowest BCUT2D eigenvalue weighted by Gasteiger charge is -2.28. The topological polar surface area (TPSA) is 232 Å². The number of aromatic nitrogens is 4. The maximum Gasteiger partial charge on any atom is 0.342 e. The number of nitrogens with one attached hydrogen (secondary N) is 2. The summed E-state index contributed by atoms with van der Waals surface area (Å²) in [6, 6.07) is -2.21. The number of ether oxygens (including phenoxy) is 4. The van der Waals surface area contributed by atoms with Crippen LogP contribution in [-0.2, 0) is 32.9 Å². The largest absolute Gasteiger partial charge is 0.479 e. The van der Waals surface area contributed by atoms with Gasteiger partial charge in [-0.05, 0) is 34.6 Å². The van der Waals surface area contributed by atoms with Crippen molar-refractivity contribution in [1.29, 1.82) is 0 Å². The predicted octanol–water partition coefficient (Wildman–Crippen LogP) is 0.238. The minimum Gasteiger partial charge on any atom is -0.479 e. The molecule has 1 aliphatic rings. The molecule has 1 fully saturated rings. The number of anilines is 1. The van der Waals surface area contributed by atoms with E-state index in [2.05, 4.69) is 25.1 Å². The van der Waals surface area contributed by atoms with Gasteiger partial charge in [0, 0.05) is 22.6 Å². The Balaban J connectivity index is 1.88. The highest BCUT2D eigenvalue weighted by molar-refractivity contribution is 14.1. The van der Waals surface area contributed by atoms with Crippen molar-refractivity contribution in [2.75, 3.05) is 32.7 Å². The van der Waals surface area contributed by atoms with Crippen molar-refractivity contribution in [1.82, 2.24) is 29.7 Å². The van der Waals surface area contributed by atoms with E-state index < -0.39 is 62.3 Å². The number of halogens is 1. The van der Waals surface area contributed by atoms with Crippen LogP contribution < -0.4 is 20.6 Å². The van der Waals surface area contributed by atoms with Gasteiger partial charge in [0.1, 0.15) is 29.9 Å². The molecule has 0 spiro atoms. The number of carbonyl (C=O) groups is 2. The van der Waals surface area contributed by atoms with Crippen LogP contribution in [0.25, 0.3) is 11.2 Å². The van der Waals surface area contributed by atoms with Crippen LogP contribution in [0.2, 0.25) is 0 Å². The summed E-state index contributed by atoms with van der Waals surface area (Å²) in [4.78, 5) is 37.0. The zero-order valence-corrected chi connectivity index (χ0v) is 26.4. The van der Waals surface area contributed by atoms with Gasteiger partial charge in [-0.1, -0.05) is 0 Å². The number of fused-ring (bicyclic) bond motifs is 1. The van der Waals surface area contributed by atoms with E-state index in [1.54, 1.807) is 13.8 Å². The zero-order chi connectivity index (χ0) is 30.7. The fourth-order valence-corrected chi connectivity index (χ4v) is 6.62. The summed E-state index contributed by atoms with van der Waals surface area (Å²) in [5, 5.41) is 27.4. The Hall–Kier alpha value is -2.19. The quantitative estimate of drug-likeness (QED) is 0.0809. The molecule has 3 heterocycles. The number of imidazole rings is 1. The Kier molecular flexibility index (Phi) is 10.9. The van der Waals surface area contributed by atoms with Crippen molar-refractivity contribution in [2.24, 2.45) is 0 Å². The van der Waals surface area contributed by atoms with Crippen molar-refractivity contribution >= 4 is 59.3 Å². The second-order valence-corrected chi connectivity index (χ2v) is 12.1. The lowest BCUT2D eigenvalue weighted by atomic mass is 9.96. The van der Waals surface area contributed by atoms with Gasteiger partial charge in [0.2, 0.25) is 11.8 Å². The lowest BCUT2D eigenvalue weighted by Crippen LogP contribution is -2.45. The molecule has 1 saturated heterocycles. The molecule has 2 aromatic heterocycles. The van der Waals surface area contributed by atoms with E-state index in [0.717, 1.165) is 0 Å². The van der Waals surface area contributed by atoms with Crippen molar-refractivity contribution in [3.05, 3.63) is 3.83 Å². The van der Waals surface area contributed by atoms with Crippen molar-refractivity contribution in [2.45, 2.75) is 70.7 Å². The van der Waals surface area contributed by atoms with Crippen LogP contribution in [0, 0.1) is 3.83 Å². The molecule has 0 aromatic carbocycles. The molecule has 19 heteroatoms. The molecule has 6 N–H and O–H groups in total. The Morgan fingerprint density at radius 2 is 1.73 bits per heavy atom. The first kappa shape index (κ1) is 33.3. The van der Waals surface area contributed by atoms with E-state index in [1.807, 2.05) is 22.6 Å². The fourth-order valence-electron chi connectivity index (χ4n) is 4.08. The standard InChI is InChI=1S/C22H35IN7O10P/c1-7-37-17(32)10(3)28-41(35,29-11(4)18(33)38-8-2)39-9-12-14(31)22(5,34)19(40-12)30-15-13(25-20(30)23)16(36-6)27-21(24)26-15/h10-12,14,19,31,34H,7-9H2,1-6H3,(H2,24,26,27)(H2,28,29,35)/t10-,11-,12+,14+,19+,22+/m0/s1. The van der Waals surface area contributed by atoms with E-state index in [-0.39, 0.29) is 36.2 Å². The number of aliphatic hydroxyl groups is 2. The Bertz CT molecular complexity index is 1280. The van der Waals surface area contributed by atoms with Crippen LogP contribution in [-0.4, -0.2) is 98.5 Å². The maximum absolute atomic E-state index is 13.8. The molecular weight excluding hydrogens is 680 g/mol. The molecule has 0 saturated carbocycles. The molecule has 0 bridgehead atoms. The summed E-state index contributed by atoms with van der Waals surface area (Å²) < 4.78 is 42.3. The predicted molar refractivity (Wildman–Crippen MR) is 152 cm³/mol. The Morgan fingerprint density at radius 1 is 1.17 bits per heavy atom. The second-order valence-electron chi connectivity index (χ2n) is 9.26. The van der Waals surface area contributed by atoms with Gasteiger partial charge in [0.05, 0.1) is 26.9 Å². The highest BCUT2D eigenvalue weighted by Gasteiger charge is 2.54. The first-order valence-electron chi connectivity index (χ1n) is 12.6. The molecule has 0 amide bonds. The van der Waals surface area contributed by atoms with Crippen LogP contribution in [0.3, 0.4) is 0 Å².